The van der Waals surface area contributed by atoms with Crippen molar-refractivity contribution < 1.29 is 32.5 Å². The van der Waals surface area contributed by atoms with Crippen molar-refractivity contribution in [3.63, 3.8) is 0 Å². The summed E-state index contributed by atoms with van der Waals surface area (Å²) in [4.78, 5) is 4.50. The van der Waals surface area contributed by atoms with Crippen LogP contribution in [-0.4, -0.2) is 79.3 Å². The summed E-state index contributed by atoms with van der Waals surface area (Å²) in [6.45, 7) is 2.56. The second-order valence-corrected chi connectivity index (χ2v) is 10.3. The Morgan fingerprint density at radius 1 is 1.08 bits per heavy atom. The van der Waals surface area contributed by atoms with Crippen LogP contribution in [0, 0.1) is 0 Å². The van der Waals surface area contributed by atoms with Crippen molar-refractivity contribution in [3.05, 3.63) is 52.9 Å². The van der Waals surface area contributed by atoms with Gasteiger partial charge < -0.3 is 24.2 Å². The molecule has 1 aromatic carbocycles. The van der Waals surface area contributed by atoms with Crippen molar-refractivity contribution in [3.8, 4) is 0 Å². The van der Waals surface area contributed by atoms with E-state index in [0.29, 0.717) is 24.6 Å². The predicted octanol–water partition coefficient (Wildman–Crippen LogP) is 4.40. The highest BCUT2D eigenvalue weighted by atomic mass is 19.4. The molecule has 0 aromatic heterocycles. The number of ether oxygens (including phenoxy) is 3. The van der Waals surface area contributed by atoms with Gasteiger partial charge in [0.2, 0.25) is 0 Å². The molecular weight excluding hydrogens is 473 g/mol. The van der Waals surface area contributed by atoms with Crippen LogP contribution in [0.1, 0.15) is 49.7 Å². The highest BCUT2D eigenvalue weighted by molar-refractivity contribution is 5.78. The van der Waals surface area contributed by atoms with E-state index in [2.05, 4.69) is 22.9 Å². The minimum absolute atomic E-state index is 0.116. The number of rotatable bonds is 6. The van der Waals surface area contributed by atoms with Gasteiger partial charge in [0.15, 0.2) is 5.88 Å². The summed E-state index contributed by atoms with van der Waals surface area (Å²) in [5, 5.41) is 11.0. The van der Waals surface area contributed by atoms with Crippen molar-refractivity contribution in [2.45, 2.75) is 69.0 Å². The van der Waals surface area contributed by atoms with E-state index in [0.717, 1.165) is 62.8 Å². The molecule has 198 valence electrons. The van der Waals surface area contributed by atoms with Gasteiger partial charge in [0, 0.05) is 18.2 Å². The monoisotopic (exact) mass is 508 g/mol. The second kappa shape index (κ2) is 10.7. The van der Waals surface area contributed by atoms with Gasteiger partial charge in [-0.1, -0.05) is 25.0 Å². The molecule has 9 heteroatoms. The fourth-order valence-corrected chi connectivity index (χ4v) is 5.87. The molecule has 3 aliphatic heterocycles. The van der Waals surface area contributed by atoms with Gasteiger partial charge in [-0.05, 0) is 68.6 Å². The molecule has 0 spiro atoms. The average Bonchev–Trinajstić information content (AvgIpc) is 3.54. The van der Waals surface area contributed by atoms with Crippen molar-refractivity contribution in [2.75, 3.05) is 40.1 Å². The van der Waals surface area contributed by atoms with Gasteiger partial charge in [0.1, 0.15) is 19.5 Å². The first-order chi connectivity index (χ1) is 17.3. The van der Waals surface area contributed by atoms with Crippen molar-refractivity contribution in [1.82, 2.24) is 9.80 Å². The van der Waals surface area contributed by atoms with E-state index in [1.54, 1.807) is 0 Å². The number of hydrogen-bond acceptors (Lipinski definition) is 6. The summed E-state index contributed by atoms with van der Waals surface area (Å²) in [6, 6.07) is 5.42. The Labute approximate surface area is 210 Å². The molecule has 3 heterocycles. The van der Waals surface area contributed by atoms with Crippen molar-refractivity contribution >= 4 is 5.57 Å². The zero-order valence-corrected chi connectivity index (χ0v) is 20.7. The van der Waals surface area contributed by atoms with Crippen LogP contribution in [0.25, 0.3) is 5.57 Å². The molecule has 0 bridgehead atoms. The molecule has 0 amide bonds. The van der Waals surface area contributed by atoms with Crippen molar-refractivity contribution in [1.29, 1.82) is 0 Å². The largest absolute Gasteiger partial charge is 0.476 e. The van der Waals surface area contributed by atoms with Crippen LogP contribution in [0.3, 0.4) is 0 Å². The van der Waals surface area contributed by atoms with E-state index in [9.17, 15) is 18.3 Å². The van der Waals surface area contributed by atoms with Gasteiger partial charge in [0.25, 0.3) is 0 Å². The minimum atomic E-state index is -4.40. The van der Waals surface area contributed by atoms with Crippen LogP contribution in [0.15, 0.2) is 41.8 Å². The summed E-state index contributed by atoms with van der Waals surface area (Å²) in [5.41, 5.74) is 1.94. The van der Waals surface area contributed by atoms with E-state index in [1.807, 2.05) is 0 Å². The number of likely N-dealkylation sites (N-methyl/N-ethyl adjacent to an activating group) is 1. The Balaban J connectivity index is 1.57. The fourth-order valence-electron chi connectivity index (χ4n) is 5.87. The normalized spacial score (nSPS) is 30.1. The molecule has 1 aromatic rings. The molecule has 1 saturated carbocycles. The van der Waals surface area contributed by atoms with Gasteiger partial charge >= 0.3 is 6.18 Å². The lowest BCUT2D eigenvalue weighted by Crippen LogP contribution is -2.49. The van der Waals surface area contributed by atoms with E-state index >= 15 is 0 Å². The number of hydrogen-bond donors (Lipinski definition) is 1. The van der Waals surface area contributed by atoms with E-state index in [-0.39, 0.29) is 31.6 Å². The van der Waals surface area contributed by atoms with Crippen LogP contribution in [0.2, 0.25) is 0 Å². The molecule has 36 heavy (non-hydrogen) atoms. The maximum absolute atomic E-state index is 13.3. The smallest absolute Gasteiger partial charge is 0.416 e. The molecule has 1 aliphatic carbocycles. The minimum Gasteiger partial charge on any atom is -0.476 e. The summed E-state index contributed by atoms with van der Waals surface area (Å²) in [6.07, 6.45) is 2.71. The van der Waals surface area contributed by atoms with Gasteiger partial charge in [-0.25, -0.2) is 0 Å². The summed E-state index contributed by atoms with van der Waals surface area (Å²) in [7, 11) is 2.11. The van der Waals surface area contributed by atoms with E-state index in [4.69, 9.17) is 14.2 Å². The van der Waals surface area contributed by atoms with E-state index < -0.39 is 17.8 Å². The summed E-state index contributed by atoms with van der Waals surface area (Å²) in [5.74, 6) is 0.598. The van der Waals surface area contributed by atoms with Gasteiger partial charge in [-0.15, -0.1) is 0 Å². The van der Waals surface area contributed by atoms with Crippen LogP contribution in [0.4, 0.5) is 13.2 Å². The standard InChI is InChI=1S/C27H35F3N2O4/c1-31-12-4-6-23(31)19-13-22(18-8-10-20(11-9-18)27(28,29)30)26(35-16-21-15-34-17-36-21)32(14-19)24-5-2-3-7-25(24)33/h8-11,13,21,23-25,33H,2-7,12,14-17H2,1H3/t21?,23-,24+,25+/m0/s1. The number of alkyl halides is 3. The number of benzene rings is 1. The van der Waals surface area contributed by atoms with Gasteiger partial charge in [-0.2, -0.15) is 13.2 Å². The Bertz CT molecular complexity index is 972. The highest BCUT2D eigenvalue weighted by Crippen LogP contribution is 2.39. The number of likely N-dealkylation sites (tertiary alicyclic amines) is 1. The van der Waals surface area contributed by atoms with Crippen LogP contribution in [-0.2, 0) is 20.4 Å². The first kappa shape index (κ1) is 25.6. The molecule has 4 aliphatic rings. The third kappa shape index (κ3) is 5.44. The fraction of sp³-hybridized carbons (Fsp3) is 0.630. The molecule has 3 fully saturated rings. The Kier molecular flexibility index (Phi) is 7.62. The highest BCUT2D eigenvalue weighted by Gasteiger charge is 2.38. The molecule has 2 saturated heterocycles. The zero-order chi connectivity index (χ0) is 25.3. The van der Waals surface area contributed by atoms with Crippen LogP contribution in [0.5, 0.6) is 0 Å². The topological polar surface area (TPSA) is 54.4 Å². The van der Waals surface area contributed by atoms with Gasteiger partial charge in [0.05, 0.1) is 24.3 Å². The first-order valence-corrected chi connectivity index (χ1v) is 12.9. The third-order valence-electron chi connectivity index (χ3n) is 7.84. The summed E-state index contributed by atoms with van der Waals surface area (Å²) >= 11 is 0. The second-order valence-electron chi connectivity index (χ2n) is 10.3. The third-order valence-corrected chi connectivity index (χ3v) is 7.84. The summed E-state index contributed by atoms with van der Waals surface area (Å²) < 4.78 is 57.1. The lowest BCUT2D eigenvalue weighted by atomic mass is 9.88. The molecule has 6 nitrogen and oxygen atoms in total. The number of aliphatic hydroxyl groups is 1. The molecular formula is C27H35F3N2O4. The predicted molar refractivity (Wildman–Crippen MR) is 129 cm³/mol. The number of halogens is 3. The molecule has 0 radical (unpaired) electrons. The van der Waals surface area contributed by atoms with Gasteiger partial charge in [-0.3, -0.25) is 4.90 Å². The lowest BCUT2D eigenvalue weighted by molar-refractivity contribution is -0.137. The lowest BCUT2D eigenvalue weighted by Gasteiger charge is -2.44. The van der Waals surface area contributed by atoms with Crippen LogP contribution >= 0.6 is 0 Å². The molecule has 1 unspecified atom stereocenters. The van der Waals surface area contributed by atoms with Crippen LogP contribution < -0.4 is 0 Å². The zero-order valence-electron chi connectivity index (χ0n) is 20.7. The Morgan fingerprint density at radius 2 is 1.86 bits per heavy atom. The maximum atomic E-state index is 13.3. The molecule has 5 rings (SSSR count). The molecule has 1 N–H and O–H groups in total. The first-order valence-electron chi connectivity index (χ1n) is 12.9. The van der Waals surface area contributed by atoms with Crippen molar-refractivity contribution in [2.24, 2.45) is 0 Å². The SMILES string of the molecule is CN1CCC[C@H]1C1=CC(c2ccc(C(F)(F)F)cc2)=C(OCC2COCO2)N([C@@H]2CCCC[C@H]2O)C1. The van der Waals surface area contributed by atoms with E-state index in [1.165, 1.54) is 17.7 Å². The average molecular weight is 509 g/mol. The maximum Gasteiger partial charge on any atom is 0.416 e. The quantitative estimate of drug-likeness (QED) is 0.615. The Morgan fingerprint density at radius 3 is 2.50 bits per heavy atom. The number of allylic oxidation sites excluding steroid dienone is 2. The Hall–Kier alpha value is -2.07. The molecule has 4 atom stereocenters. The number of nitrogens with zero attached hydrogens (tertiary/aromatic N) is 2. The number of aliphatic hydroxyl groups excluding tert-OH is 1.